The average molecular weight is 370 g/mol. The number of pyridine rings is 2. The smallest absolute Gasteiger partial charge is 0.241 e. The molecule has 0 aliphatic carbocycles. The van der Waals surface area contributed by atoms with Crippen molar-refractivity contribution >= 4 is 22.4 Å². The van der Waals surface area contributed by atoms with Gasteiger partial charge < -0.3 is 10.1 Å². The number of hydrogen-bond donors (Lipinski definition) is 1. The van der Waals surface area contributed by atoms with Gasteiger partial charge in [-0.25, -0.2) is 0 Å². The second kappa shape index (κ2) is 6.77. The number of aromatic nitrogens is 4. The number of nitrogens with one attached hydrogen (secondary N) is 1. The molecule has 1 aromatic carbocycles. The molecule has 4 aromatic rings. The largest absolute Gasteiger partial charge is 0.470 e. The number of benzene rings is 1. The standard InChI is InChI=1S/C21H18N6O/c1-27-18-11-15(25-20-19-14(12-24-20)5-4-10-23-19)7-8-17(18)21(26-27)28-13-16-6-2-3-9-22-16/h2-11H,12-13H2,1H3,(H,24,25). The predicted molar refractivity (Wildman–Crippen MR) is 107 cm³/mol. The van der Waals surface area contributed by atoms with Gasteiger partial charge in [-0.15, -0.1) is 5.10 Å². The predicted octanol–water partition coefficient (Wildman–Crippen LogP) is 3.31. The fraction of sp³-hybridized carbons (Fsp3) is 0.143. The molecule has 4 heterocycles. The maximum Gasteiger partial charge on any atom is 0.241 e. The molecular weight excluding hydrogens is 352 g/mol. The minimum absolute atomic E-state index is 0.381. The van der Waals surface area contributed by atoms with Crippen molar-refractivity contribution in [2.75, 3.05) is 5.32 Å². The van der Waals surface area contributed by atoms with Crippen LogP contribution in [0.15, 0.2) is 65.9 Å². The van der Waals surface area contributed by atoms with Crippen LogP contribution in [0.4, 0.5) is 5.69 Å². The molecule has 138 valence electrons. The molecule has 1 aliphatic heterocycles. The molecule has 0 atom stereocenters. The van der Waals surface area contributed by atoms with E-state index in [2.05, 4.69) is 31.4 Å². The highest BCUT2D eigenvalue weighted by Gasteiger charge is 2.17. The molecule has 7 nitrogen and oxygen atoms in total. The molecule has 0 amide bonds. The molecule has 0 spiro atoms. The number of ether oxygens (including phenoxy) is 1. The molecular formula is C21H18N6O. The van der Waals surface area contributed by atoms with E-state index in [0.717, 1.165) is 39.4 Å². The van der Waals surface area contributed by atoms with E-state index >= 15 is 0 Å². The van der Waals surface area contributed by atoms with Gasteiger partial charge in [0.05, 0.1) is 23.1 Å². The van der Waals surface area contributed by atoms with Crippen LogP contribution in [0.25, 0.3) is 10.9 Å². The summed E-state index contributed by atoms with van der Waals surface area (Å²) >= 11 is 0. The summed E-state index contributed by atoms with van der Waals surface area (Å²) in [6, 6.07) is 15.8. The lowest BCUT2D eigenvalue weighted by molar-refractivity contribution is 0.289. The molecule has 0 radical (unpaired) electrons. The fourth-order valence-electron chi connectivity index (χ4n) is 3.29. The van der Waals surface area contributed by atoms with Crippen molar-refractivity contribution in [3.8, 4) is 5.88 Å². The molecule has 5 rings (SSSR count). The van der Waals surface area contributed by atoms with E-state index < -0.39 is 0 Å². The summed E-state index contributed by atoms with van der Waals surface area (Å²) in [6.07, 6.45) is 3.54. The summed E-state index contributed by atoms with van der Waals surface area (Å²) in [6.45, 7) is 1.04. The Labute approximate surface area is 161 Å². The Bertz CT molecular complexity index is 1180. The van der Waals surface area contributed by atoms with Crippen LogP contribution in [-0.4, -0.2) is 25.6 Å². The van der Waals surface area contributed by atoms with Crippen LogP contribution in [0.5, 0.6) is 5.88 Å². The molecule has 3 aromatic heterocycles. The van der Waals surface area contributed by atoms with Crippen LogP contribution < -0.4 is 10.1 Å². The first kappa shape index (κ1) is 16.4. The molecule has 0 unspecified atom stereocenters. The van der Waals surface area contributed by atoms with Crippen molar-refractivity contribution in [3.63, 3.8) is 0 Å². The van der Waals surface area contributed by atoms with Crippen molar-refractivity contribution in [2.24, 2.45) is 12.0 Å². The van der Waals surface area contributed by atoms with Gasteiger partial charge in [0.15, 0.2) is 5.84 Å². The van der Waals surface area contributed by atoms with E-state index in [0.29, 0.717) is 19.0 Å². The normalized spacial score (nSPS) is 12.7. The Hall–Kier alpha value is -3.74. The van der Waals surface area contributed by atoms with Crippen molar-refractivity contribution in [1.82, 2.24) is 19.7 Å². The first-order valence-corrected chi connectivity index (χ1v) is 9.03. The van der Waals surface area contributed by atoms with Gasteiger partial charge in [-0.1, -0.05) is 12.1 Å². The van der Waals surface area contributed by atoms with Crippen LogP contribution in [0.3, 0.4) is 0 Å². The SMILES string of the molecule is Cn1nc(OCc2ccccn2)c2ccc(NC3=NCc4cccnc43)cc21. The number of amidine groups is 1. The van der Waals surface area contributed by atoms with E-state index in [1.165, 1.54) is 0 Å². The third-order valence-electron chi connectivity index (χ3n) is 4.69. The summed E-state index contributed by atoms with van der Waals surface area (Å²) in [5.41, 5.74) is 4.82. The minimum Gasteiger partial charge on any atom is -0.470 e. The van der Waals surface area contributed by atoms with Gasteiger partial charge in [0.25, 0.3) is 0 Å². The third-order valence-corrected chi connectivity index (χ3v) is 4.69. The Morgan fingerprint density at radius 2 is 2.00 bits per heavy atom. The maximum absolute atomic E-state index is 5.90. The second-order valence-electron chi connectivity index (χ2n) is 6.57. The summed E-state index contributed by atoms with van der Waals surface area (Å²) in [7, 11) is 1.91. The van der Waals surface area contributed by atoms with Crippen molar-refractivity contribution < 1.29 is 4.74 Å². The van der Waals surface area contributed by atoms with Gasteiger partial charge >= 0.3 is 0 Å². The van der Waals surface area contributed by atoms with Gasteiger partial charge in [0.1, 0.15) is 12.3 Å². The summed E-state index contributed by atoms with van der Waals surface area (Å²) in [5.74, 6) is 1.39. The van der Waals surface area contributed by atoms with E-state index in [1.807, 2.05) is 54.2 Å². The number of aliphatic imine (C=N–C) groups is 1. The van der Waals surface area contributed by atoms with Gasteiger partial charge in [-0.3, -0.25) is 19.6 Å². The Morgan fingerprint density at radius 3 is 2.89 bits per heavy atom. The summed E-state index contributed by atoms with van der Waals surface area (Å²) in [4.78, 5) is 13.3. The monoisotopic (exact) mass is 370 g/mol. The number of anilines is 1. The van der Waals surface area contributed by atoms with Crippen LogP contribution in [0, 0.1) is 0 Å². The lowest BCUT2D eigenvalue weighted by Gasteiger charge is -2.07. The maximum atomic E-state index is 5.90. The van der Waals surface area contributed by atoms with Crippen LogP contribution in [0.2, 0.25) is 0 Å². The molecule has 0 saturated carbocycles. The van der Waals surface area contributed by atoms with Gasteiger partial charge in [0, 0.05) is 30.7 Å². The van der Waals surface area contributed by atoms with E-state index in [1.54, 1.807) is 12.4 Å². The van der Waals surface area contributed by atoms with E-state index in [-0.39, 0.29) is 0 Å². The van der Waals surface area contributed by atoms with Gasteiger partial charge in [0.2, 0.25) is 5.88 Å². The number of nitrogens with zero attached hydrogens (tertiary/aromatic N) is 5. The first-order valence-electron chi connectivity index (χ1n) is 9.03. The zero-order valence-electron chi connectivity index (χ0n) is 15.3. The van der Waals surface area contributed by atoms with Crippen LogP contribution >= 0.6 is 0 Å². The Morgan fingerprint density at radius 1 is 1.07 bits per heavy atom. The second-order valence-corrected chi connectivity index (χ2v) is 6.57. The Balaban J connectivity index is 1.39. The highest BCUT2D eigenvalue weighted by molar-refractivity contribution is 6.09. The third kappa shape index (κ3) is 2.96. The molecule has 0 bridgehead atoms. The van der Waals surface area contributed by atoms with Crippen molar-refractivity contribution in [3.05, 3.63) is 77.9 Å². The molecule has 7 heteroatoms. The molecule has 28 heavy (non-hydrogen) atoms. The van der Waals surface area contributed by atoms with Crippen LogP contribution in [-0.2, 0) is 20.2 Å². The molecule has 0 saturated heterocycles. The summed E-state index contributed by atoms with van der Waals surface area (Å²) in [5, 5.41) is 8.84. The number of aryl methyl sites for hydroxylation is 1. The van der Waals surface area contributed by atoms with E-state index in [4.69, 9.17) is 4.74 Å². The quantitative estimate of drug-likeness (QED) is 0.596. The average Bonchev–Trinajstić information content (AvgIpc) is 3.28. The minimum atomic E-state index is 0.381. The first-order chi connectivity index (χ1) is 13.8. The molecule has 1 N–H and O–H groups in total. The fourth-order valence-corrected chi connectivity index (χ4v) is 3.29. The molecule has 1 aliphatic rings. The number of rotatable bonds is 4. The number of hydrogen-bond acceptors (Lipinski definition) is 6. The lowest BCUT2D eigenvalue weighted by Crippen LogP contribution is -2.13. The zero-order chi connectivity index (χ0) is 18.9. The lowest BCUT2D eigenvalue weighted by atomic mass is 10.2. The number of fused-ring (bicyclic) bond motifs is 2. The zero-order valence-corrected chi connectivity index (χ0v) is 15.3. The topological polar surface area (TPSA) is 77.2 Å². The van der Waals surface area contributed by atoms with Crippen LogP contribution in [0.1, 0.15) is 17.0 Å². The highest BCUT2D eigenvalue weighted by atomic mass is 16.5. The van der Waals surface area contributed by atoms with Gasteiger partial charge in [-0.05, 0) is 36.4 Å². The highest BCUT2D eigenvalue weighted by Crippen LogP contribution is 2.28. The van der Waals surface area contributed by atoms with Crippen molar-refractivity contribution in [1.29, 1.82) is 0 Å². The van der Waals surface area contributed by atoms with Crippen molar-refractivity contribution in [2.45, 2.75) is 13.2 Å². The molecule has 0 fully saturated rings. The van der Waals surface area contributed by atoms with E-state index in [9.17, 15) is 0 Å². The Kier molecular flexibility index (Phi) is 3.97. The summed E-state index contributed by atoms with van der Waals surface area (Å²) < 4.78 is 7.71. The van der Waals surface area contributed by atoms with Gasteiger partial charge in [-0.2, -0.15) is 0 Å².